The second-order valence-electron chi connectivity index (χ2n) is 10.6. The van der Waals surface area contributed by atoms with Crippen molar-refractivity contribution in [3.63, 3.8) is 0 Å². The first kappa shape index (κ1) is 21.4. The van der Waals surface area contributed by atoms with Crippen molar-refractivity contribution in [1.82, 2.24) is 24.6 Å². The highest BCUT2D eigenvalue weighted by Crippen LogP contribution is 2.39. The molecule has 8 nitrogen and oxygen atoms in total. The number of aromatic amines is 1. The first-order valence-electron chi connectivity index (χ1n) is 12.2. The fraction of sp³-hybridized carbons (Fsp3) is 0.500. The van der Waals surface area contributed by atoms with Crippen molar-refractivity contribution in [1.29, 1.82) is 0 Å². The van der Waals surface area contributed by atoms with E-state index in [0.29, 0.717) is 22.7 Å². The van der Waals surface area contributed by atoms with Gasteiger partial charge in [-0.05, 0) is 42.9 Å². The van der Waals surface area contributed by atoms with Crippen molar-refractivity contribution in [2.75, 3.05) is 38.3 Å². The van der Waals surface area contributed by atoms with Gasteiger partial charge in [-0.25, -0.2) is 14.5 Å². The molecule has 0 unspecified atom stereocenters. The maximum atomic E-state index is 5.59. The van der Waals surface area contributed by atoms with Gasteiger partial charge in [-0.2, -0.15) is 5.10 Å². The molecule has 2 aliphatic heterocycles. The summed E-state index contributed by atoms with van der Waals surface area (Å²) in [6, 6.07) is 6.33. The van der Waals surface area contributed by atoms with Crippen LogP contribution < -0.4 is 9.64 Å². The summed E-state index contributed by atoms with van der Waals surface area (Å²) in [5.41, 5.74) is 6.49. The molecule has 2 saturated heterocycles. The van der Waals surface area contributed by atoms with Gasteiger partial charge in [-0.3, -0.25) is 0 Å². The molecule has 0 aliphatic carbocycles. The van der Waals surface area contributed by atoms with Crippen molar-refractivity contribution in [2.24, 2.45) is 11.3 Å². The van der Waals surface area contributed by atoms with Gasteiger partial charge >= 0.3 is 0 Å². The predicted molar refractivity (Wildman–Crippen MR) is 133 cm³/mol. The molecule has 0 atom stereocenters. The Hall–Kier alpha value is -3.13. The van der Waals surface area contributed by atoms with Crippen molar-refractivity contribution in [3.05, 3.63) is 36.3 Å². The number of rotatable bonds is 7. The largest absolute Gasteiger partial charge is 0.493 e. The van der Waals surface area contributed by atoms with Crippen LogP contribution >= 0.6 is 0 Å². The SMILES string of the molecule is COc1cc(-c2[nH]c3ccc(N4CC(CCC5(C)COC5)C4)nc3c2C(C)C)cn2ncnc12. The maximum absolute atomic E-state index is 5.59. The average molecular weight is 461 g/mol. The normalized spacial score (nSPS) is 18.0. The molecule has 6 rings (SSSR count). The molecule has 0 aromatic carbocycles. The first-order chi connectivity index (χ1) is 16.4. The smallest absolute Gasteiger partial charge is 0.197 e. The van der Waals surface area contributed by atoms with E-state index in [4.69, 9.17) is 14.5 Å². The Morgan fingerprint density at radius 3 is 2.79 bits per heavy atom. The molecule has 0 bridgehead atoms. The van der Waals surface area contributed by atoms with Crippen LogP contribution in [0.25, 0.3) is 27.9 Å². The van der Waals surface area contributed by atoms with Gasteiger partial charge in [0.15, 0.2) is 11.4 Å². The summed E-state index contributed by atoms with van der Waals surface area (Å²) in [7, 11) is 1.66. The second-order valence-corrected chi connectivity index (χ2v) is 10.6. The molecule has 0 spiro atoms. The Morgan fingerprint density at radius 2 is 2.09 bits per heavy atom. The first-order valence-corrected chi connectivity index (χ1v) is 12.2. The number of pyridine rings is 2. The average Bonchev–Trinajstić information content (AvgIpc) is 3.40. The standard InChI is InChI=1S/C26H32N6O2/c1-16(2)22-23(18-9-20(33-4)25-27-15-28-32(25)12-18)29-19-5-6-21(30-24(19)22)31-10-17(11-31)7-8-26(3)13-34-14-26/h5-6,9,12,15-17,29H,7-8,10-11,13-14H2,1-4H3. The molecule has 0 amide bonds. The number of hydrogen-bond acceptors (Lipinski definition) is 6. The number of hydrogen-bond donors (Lipinski definition) is 1. The Kier molecular flexibility index (Phi) is 5.02. The minimum Gasteiger partial charge on any atom is -0.493 e. The minimum absolute atomic E-state index is 0.304. The molecule has 4 aromatic rings. The molecule has 34 heavy (non-hydrogen) atoms. The van der Waals surface area contributed by atoms with E-state index in [1.807, 2.05) is 12.3 Å². The van der Waals surface area contributed by atoms with E-state index in [1.165, 1.54) is 18.4 Å². The molecular formula is C26H32N6O2. The van der Waals surface area contributed by atoms with Gasteiger partial charge in [0.05, 0.1) is 37.1 Å². The Balaban J connectivity index is 1.29. The van der Waals surface area contributed by atoms with Crippen LogP contribution in [0.2, 0.25) is 0 Å². The van der Waals surface area contributed by atoms with Crippen LogP contribution in [0, 0.1) is 11.3 Å². The number of H-pyrrole nitrogens is 1. The van der Waals surface area contributed by atoms with Crippen LogP contribution in [-0.2, 0) is 4.74 Å². The lowest BCUT2D eigenvalue weighted by molar-refractivity contribution is -0.108. The fourth-order valence-electron chi connectivity index (χ4n) is 5.31. The summed E-state index contributed by atoms with van der Waals surface area (Å²) in [6.07, 6.45) is 6.08. The van der Waals surface area contributed by atoms with Crippen molar-refractivity contribution in [3.8, 4) is 17.0 Å². The zero-order valence-corrected chi connectivity index (χ0v) is 20.3. The van der Waals surface area contributed by atoms with E-state index in [1.54, 1.807) is 18.0 Å². The van der Waals surface area contributed by atoms with Crippen molar-refractivity contribution < 1.29 is 9.47 Å². The van der Waals surface area contributed by atoms with E-state index in [-0.39, 0.29) is 0 Å². The molecule has 8 heteroatoms. The van der Waals surface area contributed by atoms with Crippen LogP contribution in [0.5, 0.6) is 5.75 Å². The molecular weight excluding hydrogens is 428 g/mol. The van der Waals surface area contributed by atoms with Gasteiger partial charge < -0.3 is 19.4 Å². The summed E-state index contributed by atoms with van der Waals surface area (Å²) in [5, 5.41) is 4.33. The van der Waals surface area contributed by atoms with Gasteiger partial charge in [-0.15, -0.1) is 0 Å². The second kappa shape index (κ2) is 7.98. The van der Waals surface area contributed by atoms with Gasteiger partial charge in [0.25, 0.3) is 0 Å². The van der Waals surface area contributed by atoms with E-state index in [9.17, 15) is 0 Å². The summed E-state index contributed by atoms with van der Waals surface area (Å²) >= 11 is 0. The molecule has 4 aromatic heterocycles. The lowest BCUT2D eigenvalue weighted by Gasteiger charge is -2.44. The zero-order chi connectivity index (χ0) is 23.4. The third kappa shape index (κ3) is 3.52. The number of aromatic nitrogens is 5. The predicted octanol–water partition coefficient (Wildman–Crippen LogP) is 4.66. The number of nitrogens with zero attached hydrogens (tertiary/aromatic N) is 5. The molecule has 0 radical (unpaired) electrons. The highest BCUT2D eigenvalue weighted by atomic mass is 16.5. The number of fused-ring (bicyclic) bond motifs is 2. The fourth-order valence-corrected chi connectivity index (χ4v) is 5.31. The van der Waals surface area contributed by atoms with Crippen LogP contribution in [0.4, 0.5) is 5.82 Å². The van der Waals surface area contributed by atoms with Gasteiger partial charge in [0, 0.05) is 35.8 Å². The van der Waals surface area contributed by atoms with E-state index in [0.717, 1.165) is 60.3 Å². The summed E-state index contributed by atoms with van der Waals surface area (Å²) in [5.74, 6) is 2.83. The topological polar surface area (TPSA) is 80.6 Å². The monoisotopic (exact) mass is 460 g/mol. The van der Waals surface area contributed by atoms with Crippen LogP contribution in [0.1, 0.15) is 45.1 Å². The molecule has 1 N–H and O–H groups in total. The molecule has 2 fully saturated rings. The van der Waals surface area contributed by atoms with E-state index >= 15 is 0 Å². The van der Waals surface area contributed by atoms with Gasteiger partial charge in [0.2, 0.25) is 0 Å². The van der Waals surface area contributed by atoms with Crippen LogP contribution in [0.3, 0.4) is 0 Å². The molecule has 6 heterocycles. The lowest BCUT2D eigenvalue weighted by Crippen LogP contribution is -2.48. The molecule has 178 valence electrons. The third-order valence-electron chi connectivity index (χ3n) is 7.43. The maximum Gasteiger partial charge on any atom is 0.197 e. The lowest BCUT2D eigenvalue weighted by atomic mass is 9.79. The quantitative estimate of drug-likeness (QED) is 0.432. The molecule has 0 saturated carbocycles. The number of anilines is 1. The summed E-state index contributed by atoms with van der Waals surface area (Å²) in [4.78, 5) is 15.5. The van der Waals surface area contributed by atoms with Gasteiger partial charge in [0.1, 0.15) is 12.1 Å². The molecule has 2 aliphatic rings. The van der Waals surface area contributed by atoms with Crippen molar-refractivity contribution >= 4 is 22.5 Å². The Morgan fingerprint density at radius 1 is 1.26 bits per heavy atom. The highest BCUT2D eigenvalue weighted by Gasteiger charge is 2.36. The number of methoxy groups -OCH3 is 1. The van der Waals surface area contributed by atoms with Gasteiger partial charge in [-0.1, -0.05) is 20.8 Å². The Bertz CT molecular complexity index is 1350. The highest BCUT2D eigenvalue weighted by molar-refractivity contribution is 5.90. The zero-order valence-electron chi connectivity index (χ0n) is 20.3. The van der Waals surface area contributed by atoms with E-state index in [2.05, 4.69) is 52.9 Å². The summed E-state index contributed by atoms with van der Waals surface area (Å²) < 4.78 is 12.8. The third-order valence-corrected chi connectivity index (χ3v) is 7.43. The number of nitrogens with one attached hydrogen (secondary N) is 1. The van der Waals surface area contributed by atoms with Crippen LogP contribution in [0.15, 0.2) is 30.7 Å². The van der Waals surface area contributed by atoms with Crippen LogP contribution in [-0.4, -0.2) is 58.0 Å². The van der Waals surface area contributed by atoms with Crippen molar-refractivity contribution in [2.45, 2.75) is 39.5 Å². The summed E-state index contributed by atoms with van der Waals surface area (Å²) in [6.45, 7) is 10.8. The Labute approximate surface area is 199 Å². The number of ether oxygens (including phenoxy) is 2. The van der Waals surface area contributed by atoms with E-state index < -0.39 is 0 Å². The minimum atomic E-state index is 0.304.